The Morgan fingerprint density at radius 3 is 2.04 bits per heavy atom. The van der Waals surface area contributed by atoms with Gasteiger partial charge in [-0.25, -0.2) is 8.78 Å². The predicted octanol–water partition coefficient (Wildman–Crippen LogP) is 6.38. The van der Waals surface area contributed by atoms with Crippen LogP contribution < -0.4 is 21.3 Å². The first-order chi connectivity index (χ1) is 24.8. The standard InChI is InChI=1S/C37H37F2N7O5/c38-28-12-8-25(9-13-28)24-41-34(49)27-10-14-29(15-11-27)42-36-44-35(45-37(46-36)43-30-16-17-33(48)31(39)23-30)40-18-20-51-22-21-50-19-4-7-32(47)26-5-2-1-3-6-26/h1-3,5-6,8-17,23,48H,4,7,18-22,24H2,(H,41,49)(H3,40,42,43,44,45,46). The number of phenolic OH excluding ortho intramolecular Hbond substituents is 1. The number of nitrogens with one attached hydrogen (secondary N) is 4. The number of Topliss-reactive ketones (excluding diaryl/α,β-unsaturated/α-hetero) is 1. The number of benzene rings is 4. The van der Waals surface area contributed by atoms with Crippen molar-refractivity contribution in [3.05, 3.63) is 125 Å². The molecule has 0 saturated carbocycles. The predicted molar refractivity (Wildman–Crippen MR) is 189 cm³/mol. The zero-order valence-corrected chi connectivity index (χ0v) is 27.6. The highest BCUT2D eigenvalue weighted by Gasteiger charge is 2.11. The summed E-state index contributed by atoms with van der Waals surface area (Å²) in [6.45, 7) is 2.11. The summed E-state index contributed by atoms with van der Waals surface area (Å²) in [5, 5.41) is 21.4. The maximum Gasteiger partial charge on any atom is 0.251 e. The van der Waals surface area contributed by atoms with Crippen molar-refractivity contribution in [1.29, 1.82) is 0 Å². The Labute approximate surface area is 293 Å². The summed E-state index contributed by atoms with van der Waals surface area (Å²) >= 11 is 0. The summed E-state index contributed by atoms with van der Waals surface area (Å²) in [6, 6.07) is 25.5. The maximum atomic E-state index is 14.0. The Hall–Kier alpha value is -5.99. The van der Waals surface area contributed by atoms with Gasteiger partial charge in [0.2, 0.25) is 17.8 Å². The minimum Gasteiger partial charge on any atom is -0.505 e. The first-order valence-corrected chi connectivity index (χ1v) is 16.2. The molecule has 0 aliphatic rings. The number of ketones is 1. The molecule has 0 aliphatic heterocycles. The van der Waals surface area contributed by atoms with Gasteiger partial charge in [0.25, 0.3) is 5.91 Å². The summed E-state index contributed by atoms with van der Waals surface area (Å²) in [7, 11) is 0. The molecular weight excluding hydrogens is 660 g/mol. The molecule has 0 unspecified atom stereocenters. The van der Waals surface area contributed by atoms with E-state index in [0.29, 0.717) is 68.3 Å². The first-order valence-electron chi connectivity index (χ1n) is 16.2. The number of hydrogen-bond acceptors (Lipinski definition) is 11. The molecule has 0 aliphatic carbocycles. The van der Waals surface area contributed by atoms with Gasteiger partial charge in [0.15, 0.2) is 17.3 Å². The number of aromatic hydroxyl groups is 1. The molecule has 1 heterocycles. The van der Waals surface area contributed by atoms with Gasteiger partial charge in [-0.3, -0.25) is 9.59 Å². The number of ether oxygens (including phenoxy) is 2. The van der Waals surface area contributed by atoms with E-state index in [1.807, 2.05) is 18.2 Å². The van der Waals surface area contributed by atoms with Crippen LogP contribution in [0.25, 0.3) is 0 Å². The van der Waals surface area contributed by atoms with Gasteiger partial charge in [0.1, 0.15) is 5.82 Å². The number of carbonyl (C=O) groups excluding carboxylic acids is 2. The third kappa shape index (κ3) is 11.8. The Bertz CT molecular complexity index is 1880. The molecule has 1 amide bonds. The van der Waals surface area contributed by atoms with Gasteiger partial charge in [-0.15, -0.1) is 0 Å². The fraction of sp³-hybridized carbons (Fsp3) is 0.216. The number of anilines is 5. The lowest BCUT2D eigenvalue weighted by molar-refractivity contribution is 0.0497. The second-order valence-electron chi connectivity index (χ2n) is 11.2. The van der Waals surface area contributed by atoms with Crippen LogP contribution in [0.4, 0.5) is 38.0 Å². The molecule has 264 valence electrons. The van der Waals surface area contributed by atoms with Crippen LogP contribution in [0.3, 0.4) is 0 Å². The normalized spacial score (nSPS) is 10.8. The Balaban J connectivity index is 1.11. The van der Waals surface area contributed by atoms with E-state index in [1.54, 1.807) is 48.5 Å². The lowest BCUT2D eigenvalue weighted by Gasteiger charge is -2.12. The molecule has 12 nitrogen and oxygen atoms in total. The molecule has 14 heteroatoms. The number of aromatic nitrogens is 3. The van der Waals surface area contributed by atoms with E-state index < -0.39 is 11.6 Å². The van der Waals surface area contributed by atoms with Crippen molar-refractivity contribution >= 4 is 40.9 Å². The molecule has 0 saturated heterocycles. The number of amides is 1. The molecule has 5 aromatic rings. The molecule has 5 N–H and O–H groups in total. The van der Waals surface area contributed by atoms with Crippen LogP contribution in [0.5, 0.6) is 5.75 Å². The minimum atomic E-state index is -0.811. The number of hydrogen-bond donors (Lipinski definition) is 5. The van der Waals surface area contributed by atoms with Crippen LogP contribution in [0.15, 0.2) is 97.1 Å². The number of phenols is 1. The van der Waals surface area contributed by atoms with Crippen molar-refractivity contribution in [3.63, 3.8) is 0 Å². The fourth-order valence-corrected chi connectivity index (χ4v) is 4.66. The van der Waals surface area contributed by atoms with E-state index in [1.165, 1.54) is 24.3 Å². The number of carbonyl (C=O) groups is 2. The molecule has 0 fully saturated rings. The van der Waals surface area contributed by atoms with Crippen molar-refractivity contribution in [2.75, 3.05) is 48.9 Å². The van der Waals surface area contributed by atoms with Gasteiger partial charge < -0.3 is 35.8 Å². The summed E-state index contributed by atoms with van der Waals surface area (Å²) in [4.78, 5) is 38.0. The zero-order valence-electron chi connectivity index (χ0n) is 27.6. The monoisotopic (exact) mass is 697 g/mol. The van der Waals surface area contributed by atoms with E-state index in [4.69, 9.17) is 9.47 Å². The van der Waals surface area contributed by atoms with Crippen LogP contribution in [-0.2, 0) is 16.0 Å². The van der Waals surface area contributed by atoms with Crippen molar-refractivity contribution in [2.24, 2.45) is 0 Å². The Kier molecular flexibility index (Phi) is 13.3. The number of nitrogens with zero attached hydrogens (tertiary/aromatic N) is 3. The summed E-state index contributed by atoms with van der Waals surface area (Å²) in [5.74, 6) is -1.40. The highest BCUT2D eigenvalue weighted by Crippen LogP contribution is 2.23. The van der Waals surface area contributed by atoms with E-state index in [2.05, 4.69) is 36.2 Å². The number of rotatable bonds is 19. The Morgan fingerprint density at radius 1 is 0.686 bits per heavy atom. The van der Waals surface area contributed by atoms with Crippen LogP contribution in [0.1, 0.15) is 39.1 Å². The molecule has 0 atom stereocenters. The second kappa shape index (κ2) is 18.7. The van der Waals surface area contributed by atoms with E-state index in [-0.39, 0.29) is 41.9 Å². The van der Waals surface area contributed by atoms with E-state index in [0.717, 1.165) is 11.6 Å². The molecule has 0 radical (unpaired) electrons. The molecule has 51 heavy (non-hydrogen) atoms. The third-order valence-corrected chi connectivity index (χ3v) is 7.30. The van der Waals surface area contributed by atoms with Gasteiger partial charge in [-0.05, 0) is 60.5 Å². The summed E-state index contributed by atoms with van der Waals surface area (Å²) in [6.07, 6.45) is 1.04. The van der Waals surface area contributed by atoms with Crippen LogP contribution in [0, 0.1) is 11.6 Å². The molecule has 5 rings (SSSR count). The third-order valence-electron chi connectivity index (χ3n) is 7.30. The highest BCUT2D eigenvalue weighted by molar-refractivity contribution is 5.96. The SMILES string of the molecule is O=C(CCCOCCOCCNc1nc(Nc2ccc(C(=O)NCc3ccc(F)cc3)cc2)nc(Nc2ccc(O)c(F)c2)n1)c1ccccc1. The van der Waals surface area contributed by atoms with E-state index in [9.17, 15) is 23.5 Å². The first kappa shape index (κ1) is 36.3. The number of halogens is 2. The zero-order chi connectivity index (χ0) is 35.8. The summed E-state index contributed by atoms with van der Waals surface area (Å²) < 4.78 is 38.3. The molecule has 0 spiro atoms. The quantitative estimate of drug-likeness (QED) is 0.0370. The topological polar surface area (TPSA) is 160 Å². The van der Waals surface area contributed by atoms with Gasteiger partial charge in [0, 0.05) is 54.7 Å². The van der Waals surface area contributed by atoms with E-state index >= 15 is 0 Å². The van der Waals surface area contributed by atoms with Gasteiger partial charge in [0.05, 0.1) is 19.8 Å². The average Bonchev–Trinajstić information content (AvgIpc) is 3.14. The van der Waals surface area contributed by atoms with Gasteiger partial charge >= 0.3 is 0 Å². The average molecular weight is 698 g/mol. The molecule has 0 bridgehead atoms. The maximum absolute atomic E-state index is 14.0. The second-order valence-corrected chi connectivity index (χ2v) is 11.2. The van der Waals surface area contributed by atoms with Gasteiger partial charge in [-0.2, -0.15) is 15.0 Å². The van der Waals surface area contributed by atoms with Crippen LogP contribution in [0.2, 0.25) is 0 Å². The van der Waals surface area contributed by atoms with Crippen molar-refractivity contribution < 1.29 is 33.0 Å². The van der Waals surface area contributed by atoms with Crippen molar-refractivity contribution in [3.8, 4) is 5.75 Å². The van der Waals surface area contributed by atoms with Crippen LogP contribution >= 0.6 is 0 Å². The van der Waals surface area contributed by atoms with Crippen molar-refractivity contribution in [1.82, 2.24) is 20.3 Å². The fourth-order valence-electron chi connectivity index (χ4n) is 4.66. The Morgan fingerprint density at radius 2 is 1.33 bits per heavy atom. The van der Waals surface area contributed by atoms with Crippen molar-refractivity contribution in [2.45, 2.75) is 19.4 Å². The molecule has 4 aromatic carbocycles. The highest BCUT2D eigenvalue weighted by atomic mass is 19.1. The smallest absolute Gasteiger partial charge is 0.251 e. The lowest BCUT2D eigenvalue weighted by atomic mass is 10.1. The molecular formula is C37H37F2N7O5. The van der Waals surface area contributed by atoms with Crippen LogP contribution in [-0.4, -0.2) is 64.7 Å². The molecule has 1 aromatic heterocycles. The largest absolute Gasteiger partial charge is 0.505 e. The minimum absolute atomic E-state index is 0.0880. The van der Waals surface area contributed by atoms with Gasteiger partial charge in [-0.1, -0.05) is 42.5 Å². The lowest BCUT2D eigenvalue weighted by Crippen LogP contribution is -2.22. The summed E-state index contributed by atoms with van der Waals surface area (Å²) in [5.41, 5.74) is 2.76.